The number of hydrogen-bond acceptors (Lipinski definition) is 0. The molecule has 0 unspecified atom stereocenters. The van der Waals surface area contributed by atoms with Crippen LogP contribution < -0.4 is 0 Å². The first-order valence-corrected chi connectivity index (χ1v) is 15.9. The van der Waals surface area contributed by atoms with Gasteiger partial charge in [0, 0.05) is 0 Å². The molecule has 1 aromatic carbocycles. The van der Waals surface area contributed by atoms with Crippen LogP contribution in [0.3, 0.4) is 0 Å². The molecule has 0 saturated carbocycles. The van der Waals surface area contributed by atoms with Gasteiger partial charge in [-0.15, -0.1) is 0 Å². The molecule has 0 saturated heterocycles. The SMILES string of the molecule is C[CH](C)[Ge](/[CH]=[C](/c1ccccc1)[Ge]([CH](C)C)[CH](C)C)[CH](C)C. The molecular weight excluding hydrogens is 385 g/mol. The summed E-state index contributed by atoms with van der Waals surface area (Å²) in [5.74, 6) is 0. The standard InChI is InChI=1S/C20H34Ge2/c1-15(2)21(16(3)4)14-20(19-12-10-9-11-13-19)22(17(5)6)18(7)8/h9-18H,1-8H3/b20-14-. The molecule has 22 heavy (non-hydrogen) atoms. The summed E-state index contributed by atoms with van der Waals surface area (Å²) in [5, 5.41) is 0. The number of rotatable bonds is 7. The Morgan fingerprint density at radius 2 is 1.18 bits per heavy atom. The van der Waals surface area contributed by atoms with Gasteiger partial charge in [-0.05, 0) is 0 Å². The molecule has 122 valence electrons. The molecular formula is C20H34Ge2. The van der Waals surface area contributed by atoms with E-state index in [0.29, 0.717) is 0 Å². The van der Waals surface area contributed by atoms with E-state index in [0.717, 1.165) is 19.0 Å². The molecule has 1 rings (SSSR count). The Labute approximate surface area is 148 Å². The van der Waals surface area contributed by atoms with E-state index in [-0.39, 0.29) is 0 Å². The van der Waals surface area contributed by atoms with Crippen LogP contribution >= 0.6 is 0 Å². The van der Waals surface area contributed by atoms with E-state index in [9.17, 15) is 0 Å². The molecule has 0 spiro atoms. The maximum atomic E-state index is 2.83. The van der Waals surface area contributed by atoms with Crippen molar-refractivity contribution in [2.75, 3.05) is 0 Å². The molecule has 0 nitrogen and oxygen atoms in total. The predicted octanol–water partition coefficient (Wildman–Crippen LogP) is 6.78. The second-order valence-corrected chi connectivity index (χ2v) is 22.9. The molecule has 1 aromatic rings. The van der Waals surface area contributed by atoms with Crippen LogP contribution in [0.1, 0.15) is 61.0 Å². The first-order chi connectivity index (χ1) is 10.3. The van der Waals surface area contributed by atoms with Crippen molar-refractivity contribution in [1.82, 2.24) is 0 Å². The molecule has 0 aliphatic heterocycles. The molecule has 0 bridgehead atoms. The summed E-state index contributed by atoms with van der Waals surface area (Å²) < 4.78 is 5.24. The van der Waals surface area contributed by atoms with Crippen LogP contribution in [0.15, 0.2) is 35.2 Å². The van der Waals surface area contributed by atoms with Crippen molar-refractivity contribution in [3.05, 3.63) is 40.8 Å². The fourth-order valence-electron chi connectivity index (χ4n) is 3.41. The Balaban J connectivity index is 3.39. The Morgan fingerprint density at radius 3 is 1.55 bits per heavy atom. The van der Waals surface area contributed by atoms with Crippen LogP contribution in [0, 0.1) is 0 Å². The van der Waals surface area contributed by atoms with Gasteiger partial charge in [0.2, 0.25) is 0 Å². The van der Waals surface area contributed by atoms with E-state index in [1.165, 1.54) is 5.56 Å². The van der Waals surface area contributed by atoms with E-state index < -0.39 is 28.7 Å². The van der Waals surface area contributed by atoms with Gasteiger partial charge in [-0.2, -0.15) is 0 Å². The summed E-state index contributed by atoms with van der Waals surface area (Å²) in [4.78, 5) is 2.83. The first kappa shape index (κ1) is 20.1. The molecule has 0 heterocycles. The van der Waals surface area contributed by atoms with Crippen LogP contribution in [0.2, 0.25) is 19.0 Å². The molecule has 2 radical (unpaired) electrons. The van der Waals surface area contributed by atoms with Crippen LogP contribution in [0.5, 0.6) is 0 Å². The summed E-state index contributed by atoms with van der Waals surface area (Å²) in [5.41, 5.74) is 1.52. The predicted molar refractivity (Wildman–Crippen MR) is 106 cm³/mol. The third-order valence-electron chi connectivity index (χ3n) is 4.28. The first-order valence-electron chi connectivity index (χ1n) is 8.76. The van der Waals surface area contributed by atoms with Crippen LogP contribution in [-0.2, 0) is 0 Å². The van der Waals surface area contributed by atoms with Crippen LogP contribution in [0.4, 0.5) is 0 Å². The molecule has 0 aromatic heterocycles. The van der Waals surface area contributed by atoms with Gasteiger partial charge in [0.1, 0.15) is 0 Å². The van der Waals surface area contributed by atoms with Crippen molar-refractivity contribution in [1.29, 1.82) is 0 Å². The fraction of sp³-hybridized carbons (Fsp3) is 0.600. The molecule has 0 aliphatic rings. The van der Waals surface area contributed by atoms with Gasteiger partial charge in [-0.3, -0.25) is 0 Å². The average Bonchev–Trinajstić information content (AvgIpc) is 2.42. The van der Waals surface area contributed by atoms with Gasteiger partial charge in [0.25, 0.3) is 0 Å². The number of hydrogen-bond donors (Lipinski definition) is 0. The third-order valence-corrected chi connectivity index (χ3v) is 19.9. The molecule has 0 aliphatic carbocycles. The van der Waals surface area contributed by atoms with E-state index in [4.69, 9.17) is 0 Å². The van der Waals surface area contributed by atoms with E-state index in [1.807, 2.05) is 0 Å². The van der Waals surface area contributed by atoms with Crippen LogP contribution in [-0.4, -0.2) is 28.7 Å². The van der Waals surface area contributed by atoms with Gasteiger partial charge in [-0.1, -0.05) is 0 Å². The van der Waals surface area contributed by atoms with Gasteiger partial charge in [-0.25, -0.2) is 0 Å². The normalized spacial score (nSPS) is 13.5. The summed E-state index contributed by atoms with van der Waals surface area (Å²) in [6.07, 6.45) is 0. The van der Waals surface area contributed by atoms with Crippen LogP contribution in [0.25, 0.3) is 4.41 Å². The second-order valence-electron chi connectivity index (χ2n) is 7.50. The maximum absolute atomic E-state index is 2.83. The zero-order chi connectivity index (χ0) is 16.9. The Hall–Kier alpha value is 0.0457. The zero-order valence-corrected chi connectivity index (χ0v) is 20.0. The average molecular weight is 420 g/mol. The topological polar surface area (TPSA) is 0 Å². The Kier molecular flexibility index (Phi) is 8.56. The number of benzene rings is 1. The van der Waals surface area contributed by atoms with Crippen molar-refractivity contribution in [3.8, 4) is 0 Å². The van der Waals surface area contributed by atoms with Crippen molar-refractivity contribution in [2.24, 2.45) is 0 Å². The van der Waals surface area contributed by atoms with Gasteiger partial charge in [0.05, 0.1) is 0 Å². The summed E-state index contributed by atoms with van der Waals surface area (Å²) >= 11 is -2.46. The van der Waals surface area contributed by atoms with E-state index in [2.05, 4.69) is 90.6 Å². The second kappa shape index (κ2) is 9.37. The third kappa shape index (κ3) is 5.60. The summed E-state index contributed by atoms with van der Waals surface area (Å²) in [6, 6.07) is 11.3. The minimum atomic E-state index is -1.28. The van der Waals surface area contributed by atoms with Gasteiger partial charge in [0.15, 0.2) is 0 Å². The van der Waals surface area contributed by atoms with E-state index in [1.54, 1.807) is 4.41 Å². The van der Waals surface area contributed by atoms with Crippen molar-refractivity contribution in [3.63, 3.8) is 0 Å². The molecule has 2 heteroatoms. The molecule has 0 N–H and O–H groups in total. The Bertz CT molecular complexity index is 442. The quantitative estimate of drug-likeness (QED) is 0.427. The van der Waals surface area contributed by atoms with Crippen molar-refractivity contribution in [2.45, 2.75) is 74.4 Å². The molecule has 0 fully saturated rings. The van der Waals surface area contributed by atoms with E-state index >= 15 is 0 Å². The monoisotopic (exact) mass is 422 g/mol. The minimum absolute atomic E-state index is 0.852. The van der Waals surface area contributed by atoms with Gasteiger partial charge < -0.3 is 0 Å². The van der Waals surface area contributed by atoms with Crippen molar-refractivity contribution < 1.29 is 0 Å². The van der Waals surface area contributed by atoms with Crippen molar-refractivity contribution >= 4 is 33.1 Å². The summed E-state index contributed by atoms with van der Waals surface area (Å²) in [7, 11) is 0. The zero-order valence-electron chi connectivity index (χ0n) is 15.8. The van der Waals surface area contributed by atoms with Gasteiger partial charge >= 0.3 is 148 Å². The molecule has 0 atom stereocenters. The Morgan fingerprint density at radius 1 is 0.727 bits per heavy atom. The fourth-order valence-corrected chi connectivity index (χ4v) is 19.1. The summed E-state index contributed by atoms with van der Waals surface area (Å²) in [6.45, 7) is 19.6. The molecule has 0 amide bonds.